The van der Waals surface area contributed by atoms with E-state index in [1.807, 2.05) is 30.3 Å². The summed E-state index contributed by atoms with van der Waals surface area (Å²) in [6, 6.07) is 24.7. The van der Waals surface area contributed by atoms with Crippen molar-refractivity contribution in [2.75, 3.05) is 11.4 Å². The van der Waals surface area contributed by atoms with Crippen molar-refractivity contribution >= 4 is 27.5 Å². The van der Waals surface area contributed by atoms with Crippen molar-refractivity contribution in [3.8, 4) is 0 Å². The summed E-state index contributed by atoms with van der Waals surface area (Å²) in [5.74, 6) is -0.00561. The third kappa shape index (κ3) is 4.54. The van der Waals surface area contributed by atoms with E-state index in [9.17, 15) is 4.79 Å². The number of benzene rings is 3. The Morgan fingerprint density at radius 2 is 1.90 bits per heavy atom. The largest absolute Gasteiger partial charge is 0.367 e. The van der Waals surface area contributed by atoms with Gasteiger partial charge in [0.15, 0.2) is 0 Å². The van der Waals surface area contributed by atoms with Crippen molar-refractivity contribution in [2.24, 2.45) is 0 Å². The van der Waals surface area contributed by atoms with Crippen molar-refractivity contribution in [1.82, 2.24) is 5.32 Å². The Labute approximate surface area is 180 Å². The summed E-state index contributed by atoms with van der Waals surface area (Å²) >= 11 is 3.55. The molecule has 4 heteroatoms. The van der Waals surface area contributed by atoms with Crippen LogP contribution in [0.3, 0.4) is 0 Å². The summed E-state index contributed by atoms with van der Waals surface area (Å²) in [5.41, 5.74) is 5.65. The molecule has 148 valence electrons. The van der Waals surface area contributed by atoms with Gasteiger partial charge in [0, 0.05) is 28.8 Å². The lowest BCUT2D eigenvalue weighted by Crippen LogP contribution is -2.28. The van der Waals surface area contributed by atoms with Crippen LogP contribution in [0.1, 0.15) is 46.4 Å². The maximum absolute atomic E-state index is 12.9. The van der Waals surface area contributed by atoms with E-state index in [0.29, 0.717) is 0 Å². The van der Waals surface area contributed by atoms with Crippen molar-refractivity contribution < 1.29 is 4.79 Å². The van der Waals surface area contributed by atoms with E-state index in [0.717, 1.165) is 41.5 Å². The zero-order valence-electron chi connectivity index (χ0n) is 16.6. The first-order valence-electron chi connectivity index (χ1n) is 10.1. The number of nitrogens with zero attached hydrogens (tertiary/aromatic N) is 1. The molecule has 1 aliphatic rings. The van der Waals surface area contributed by atoms with Gasteiger partial charge in [-0.1, -0.05) is 65.3 Å². The van der Waals surface area contributed by atoms with Gasteiger partial charge in [0.25, 0.3) is 5.91 Å². The minimum absolute atomic E-state index is 0.00561. The van der Waals surface area contributed by atoms with Gasteiger partial charge in [0.1, 0.15) is 0 Å². The fourth-order valence-electron chi connectivity index (χ4n) is 3.98. The van der Waals surface area contributed by atoms with E-state index >= 15 is 0 Å². The van der Waals surface area contributed by atoms with Gasteiger partial charge in [-0.15, -0.1) is 0 Å². The minimum Gasteiger partial charge on any atom is -0.367 e. The molecule has 0 aliphatic carbocycles. The molecule has 1 heterocycles. The van der Waals surface area contributed by atoms with Crippen LogP contribution in [0.5, 0.6) is 0 Å². The van der Waals surface area contributed by atoms with E-state index in [1.54, 1.807) is 0 Å². The third-order valence-electron chi connectivity index (χ3n) is 5.51. The van der Waals surface area contributed by atoms with Crippen LogP contribution in [-0.4, -0.2) is 12.5 Å². The highest BCUT2D eigenvalue weighted by Crippen LogP contribution is 2.31. The predicted molar refractivity (Wildman–Crippen MR) is 122 cm³/mol. The molecule has 3 aromatic carbocycles. The second-order valence-electron chi connectivity index (χ2n) is 7.49. The number of carbonyl (C=O) groups excluding carboxylic acids is 1. The molecule has 0 spiro atoms. The van der Waals surface area contributed by atoms with Crippen LogP contribution in [0, 0.1) is 0 Å². The SMILES string of the molecule is CCC(NC(=O)c1ccc2c(c1)CCN2Cc1cccc(Br)c1)c1ccccc1. The molecular formula is C25H25BrN2O. The number of hydrogen-bond donors (Lipinski definition) is 1. The summed E-state index contributed by atoms with van der Waals surface area (Å²) in [5, 5.41) is 3.19. The van der Waals surface area contributed by atoms with Crippen molar-refractivity contribution in [3.05, 3.63) is 99.5 Å². The summed E-state index contributed by atoms with van der Waals surface area (Å²) < 4.78 is 1.10. The molecule has 1 N–H and O–H groups in total. The number of rotatable bonds is 6. The van der Waals surface area contributed by atoms with Crippen LogP contribution in [0.25, 0.3) is 0 Å². The summed E-state index contributed by atoms with van der Waals surface area (Å²) in [6.45, 7) is 3.96. The normalized spacial score (nSPS) is 13.8. The highest BCUT2D eigenvalue weighted by atomic mass is 79.9. The monoisotopic (exact) mass is 448 g/mol. The van der Waals surface area contributed by atoms with Gasteiger partial charge in [0.05, 0.1) is 6.04 Å². The summed E-state index contributed by atoms with van der Waals surface area (Å²) in [7, 11) is 0. The van der Waals surface area contributed by atoms with Crippen LogP contribution in [-0.2, 0) is 13.0 Å². The highest BCUT2D eigenvalue weighted by Gasteiger charge is 2.21. The lowest BCUT2D eigenvalue weighted by atomic mass is 10.0. The smallest absolute Gasteiger partial charge is 0.251 e. The maximum atomic E-state index is 12.9. The first kappa shape index (κ1) is 19.7. The molecule has 1 amide bonds. The second kappa shape index (κ2) is 8.83. The Kier molecular flexibility index (Phi) is 6.00. The summed E-state index contributed by atoms with van der Waals surface area (Å²) in [4.78, 5) is 15.3. The molecule has 0 radical (unpaired) electrons. The van der Waals surface area contributed by atoms with Crippen LogP contribution >= 0.6 is 15.9 Å². The average molecular weight is 449 g/mol. The Morgan fingerprint density at radius 1 is 1.07 bits per heavy atom. The Bertz CT molecular complexity index is 1000. The fourth-order valence-corrected chi connectivity index (χ4v) is 4.43. The number of hydrogen-bond acceptors (Lipinski definition) is 2. The van der Waals surface area contributed by atoms with Crippen LogP contribution in [0.15, 0.2) is 77.3 Å². The molecule has 0 bridgehead atoms. The number of carbonyl (C=O) groups is 1. The van der Waals surface area contributed by atoms with Gasteiger partial charge in [-0.25, -0.2) is 0 Å². The number of amides is 1. The van der Waals surface area contributed by atoms with Gasteiger partial charge in [-0.3, -0.25) is 4.79 Å². The quantitative estimate of drug-likeness (QED) is 0.509. The van der Waals surface area contributed by atoms with Crippen LogP contribution < -0.4 is 10.2 Å². The molecule has 1 aliphatic heterocycles. The predicted octanol–water partition coefficient (Wildman–Crippen LogP) is 5.89. The number of fused-ring (bicyclic) bond motifs is 1. The Morgan fingerprint density at radius 3 is 2.66 bits per heavy atom. The van der Waals surface area contributed by atoms with E-state index in [4.69, 9.17) is 0 Å². The summed E-state index contributed by atoms with van der Waals surface area (Å²) in [6.07, 6.45) is 1.83. The van der Waals surface area contributed by atoms with Gasteiger partial charge < -0.3 is 10.2 Å². The van der Waals surface area contributed by atoms with Gasteiger partial charge in [-0.05, 0) is 59.9 Å². The highest BCUT2D eigenvalue weighted by molar-refractivity contribution is 9.10. The van der Waals surface area contributed by atoms with Crippen molar-refractivity contribution in [2.45, 2.75) is 32.4 Å². The van der Waals surface area contributed by atoms with Gasteiger partial charge in [-0.2, -0.15) is 0 Å². The van der Waals surface area contributed by atoms with E-state index in [2.05, 4.69) is 75.5 Å². The van der Waals surface area contributed by atoms with Crippen LogP contribution in [0.2, 0.25) is 0 Å². The standard InChI is InChI=1S/C25H25BrN2O/c1-2-23(19-8-4-3-5-9-19)27-25(29)21-11-12-24-20(16-21)13-14-28(24)17-18-7-6-10-22(26)15-18/h3-12,15-16,23H,2,13-14,17H2,1H3,(H,27,29). The molecule has 4 rings (SSSR count). The molecule has 1 atom stereocenters. The molecule has 0 aromatic heterocycles. The molecule has 0 saturated heterocycles. The van der Waals surface area contributed by atoms with Gasteiger partial charge in [0.2, 0.25) is 0 Å². The molecule has 3 aromatic rings. The van der Waals surface area contributed by atoms with Gasteiger partial charge >= 0.3 is 0 Å². The van der Waals surface area contributed by atoms with Crippen molar-refractivity contribution in [3.63, 3.8) is 0 Å². The zero-order chi connectivity index (χ0) is 20.2. The number of anilines is 1. The molecule has 1 unspecified atom stereocenters. The zero-order valence-corrected chi connectivity index (χ0v) is 18.2. The van der Waals surface area contributed by atoms with Crippen LogP contribution in [0.4, 0.5) is 5.69 Å². The van der Waals surface area contributed by atoms with E-state index in [-0.39, 0.29) is 11.9 Å². The third-order valence-corrected chi connectivity index (χ3v) is 6.00. The lowest BCUT2D eigenvalue weighted by Gasteiger charge is -2.20. The Balaban J connectivity index is 1.47. The van der Waals surface area contributed by atoms with Crippen molar-refractivity contribution in [1.29, 1.82) is 0 Å². The Hall–Kier alpha value is -2.59. The number of halogens is 1. The molecule has 0 saturated carbocycles. The second-order valence-corrected chi connectivity index (χ2v) is 8.41. The molecule has 29 heavy (non-hydrogen) atoms. The fraction of sp³-hybridized carbons (Fsp3) is 0.240. The van der Waals surface area contributed by atoms with E-state index < -0.39 is 0 Å². The number of nitrogens with one attached hydrogen (secondary N) is 1. The molecule has 0 fully saturated rings. The average Bonchev–Trinajstić information content (AvgIpc) is 3.14. The first-order chi connectivity index (χ1) is 14.1. The minimum atomic E-state index is -0.00561. The topological polar surface area (TPSA) is 32.3 Å². The lowest BCUT2D eigenvalue weighted by molar-refractivity contribution is 0.0935. The first-order valence-corrected chi connectivity index (χ1v) is 10.9. The molecule has 3 nitrogen and oxygen atoms in total. The maximum Gasteiger partial charge on any atom is 0.251 e. The van der Waals surface area contributed by atoms with E-state index in [1.165, 1.54) is 16.8 Å². The molecular weight excluding hydrogens is 424 g/mol.